The van der Waals surface area contributed by atoms with E-state index in [4.69, 9.17) is 4.74 Å². The maximum Gasteiger partial charge on any atom is 0.239 e. The lowest BCUT2D eigenvalue weighted by molar-refractivity contribution is -0.135. The fourth-order valence-corrected chi connectivity index (χ4v) is 3.64. The van der Waals surface area contributed by atoms with E-state index < -0.39 is 0 Å². The lowest BCUT2D eigenvalue weighted by atomic mass is 9.88. The van der Waals surface area contributed by atoms with Crippen molar-refractivity contribution in [3.05, 3.63) is 29.8 Å². The van der Waals surface area contributed by atoms with Crippen LogP contribution in [-0.4, -0.2) is 49.4 Å². The molecule has 25 heavy (non-hydrogen) atoms. The third-order valence-corrected chi connectivity index (χ3v) is 5.16. The highest BCUT2D eigenvalue weighted by molar-refractivity contribution is 5.98. The molecular weight excluding hydrogens is 340 g/mol. The van der Waals surface area contributed by atoms with Crippen molar-refractivity contribution in [3.63, 3.8) is 0 Å². The Bertz CT molecular complexity index is 577. The highest BCUT2D eigenvalue weighted by Gasteiger charge is 2.31. The van der Waals surface area contributed by atoms with Crippen molar-refractivity contribution < 1.29 is 14.3 Å². The number of hydrogen-bond donors (Lipinski definition) is 1. The van der Waals surface area contributed by atoms with E-state index in [1.807, 2.05) is 29.2 Å². The largest absolute Gasteiger partial charge is 0.497 e. The van der Waals surface area contributed by atoms with Gasteiger partial charge in [-0.2, -0.15) is 0 Å². The van der Waals surface area contributed by atoms with Crippen LogP contribution in [0.1, 0.15) is 42.5 Å². The Balaban J connectivity index is 0.00000225. The number of carbonyl (C=O) groups excluding carboxylic acids is 2. The summed E-state index contributed by atoms with van der Waals surface area (Å²) in [5, 5.41) is 3.32. The molecule has 0 aromatic heterocycles. The van der Waals surface area contributed by atoms with E-state index in [1.54, 1.807) is 7.11 Å². The van der Waals surface area contributed by atoms with Gasteiger partial charge >= 0.3 is 0 Å². The minimum absolute atomic E-state index is 0. The molecule has 1 aromatic carbocycles. The van der Waals surface area contributed by atoms with Crippen LogP contribution in [0.3, 0.4) is 0 Å². The normalized spacial score (nSPS) is 21.3. The van der Waals surface area contributed by atoms with Crippen molar-refractivity contribution in [1.29, 1.82) is 0 Å². The molecule has 6 heteroatoms. The Labute approximate surface area is 155 Å². The van der Waals surface area contributed by atoms with Crippen LogP contribution in [0.4, 0.5) is 0 Å². The molecule has 2 saturated heterocycles. The fraction of sp³-hybridized carbons (Fsp3) is 0.579. The van der Waals surface area contributed by atoms with Crippen molar-refractivity contribution in [2.24, 2.45) is 5.92 Å². The van der Waals surface area contributed by atoms with Crippen LogP contribution in [0.2, 0.25) is 0 Å². The third kappa shape index (κ3) is 4.73. The minimum Gasteiger partial charge on any atom is -0.497 e. The summed E-state index contributed by atoms with van der Waals surface area (Å²) in [5.74, 6) is 1.17. The maximum atomic E-state index is 12.6. The maximum absolute atomic E-state index is 12.6. The lowest BCUT2D eigenvalue weighted by Crippen LogP contribution is -2.51. The predicted octanol–water partition coefficient (Wildman–Crippen LogP) is 2.68. The average Bonchev–Trinajstić information content (AvgIpc) is 2.68. The summed E-state index contributed by atoms with van der Waals surface area (Å²) in [6.45, 7) is 2.30. The zero-order valence-electron chi connectivity index (χ0n) is 14.7. The first-order valence-corrected chi connectivity index (χ1v) is 8.89. The molecule has 2 aliphatic rings. The molecule has 0 radical (unpaired) electrons. The third-order valence-electron chi connectivity index (χ3n) is 5.16. The molecule has 2 heterocycles. The van der Waals surface area contributed by atoms with Gasteiger partial charge in [-0.1, -0.05) is 6.42 Å². The second kappa shape index (κ2) is 9.20. The molecule has 3 rings (SSSR count). The first kappa shape index (κ1) is 19.7. The molecule has 2 fully saturated rings. The number of nitrogens with zero attached hydrogens (tertiary/aromatic N) is 1. The summed E-state index contributed by atoms with van der Waals surface area (Å²) in [7, 11) is 1.62. The molecule has 1 amide bonds. The quantitative estimate of drug-likeness (QED) is 0.832. The van der Waals surface area contributed by atoms with E-state index in [0.717, 1.165) is 50.0 Å². The molecule has 1 N–H and O–H groups in total. The van der Waals surface area contributed by atoms with E-state index in [1.165, 1.54) is 0 Å². The van der Waals surface area contributed by atoms with E-state index in [0.29, 0.717) is 13.1 Å². The highest BCUT2D eigenvalue weighted by Crippen LogP contribution is 2.24. The molecule has 2 aliphatic heterocycles. The number of hydrogen-bond acceptors (Lipinski definition) is 4. The fourth-order valence-electron chi connectivity index (χ4n) is 3.64. The second-order valence-corrected chi connectivity index (χ2v) is 6.69. The number of halogens is 1. The van der Waals surface area contributed by atoms with Crippen molar-refractivity contribution >= 4 is 24.1 Å². The van der Waals surface area contributed by atoms with Gasteiger partial charge in [-0.05, 0) is 56.5 Å². The van der Waals surface area contributed by atoms with Gasteiger partial charge in [-0.3, -0.25) is 9.59 Å². The number of rotatable bonds is 4. The SMILES string of the molecule is COc1ccc(C(=O)C2CCN(C(=O)C3CCCCN3)CC2)cc1.Cl. The van der Waals surface area contributed by atoms with Crippen LogP contribution in [0.25, 0.3) is 0 Å². The van der Waals surface area contributed by atoms with Crippen molar-refractivity contribution in [2.75, 3.05) is 26.7 Å². The number of Topliss-reactive ketones (excluding diaryl/α,β-unsaturated/α-hetero) is 1. The van der Waals surface area contributed by atoms with E-state index in [-0.39, 0.29) is 36.1 Å². The van der Waals surface area contributed by atoms with E-state index in [2.05, 4.69) is 5.32 Å². The Morgan fingerprint density at radius 3 is 2.32 bits per heavy atom. The molecule has 0 saturated carbocycles. The van der Waals surface area contributed by atoms with Gasteiger partial charge in [0.25, 0.3) is 0 Å². The molecule has 1 unspecified atom stereocenters. The highest BCUT2D eigenvalue weighted by atomic mass is 35.5. The molecular formula is C19H27ClN2O3. The van der Waals surface area contributed by atoms with Crippen LogP contribution in [0.15, 0.2) is 24.3 Å². The van der Waals surface area contributed by atoms with Gasteiger partial charge in [-0.25, -0.2) is 0 Å². The first-order chi connectivity index (χ1) is 11.7. The zero-order valence-corrected chi connectivity index (χ0v) is 15.5. The number of carbonyl (C=O) groups is 2. The number of nitrogens with one attached hydrogen (secondary N) is 1. The Morgan fingerprint density at radius 1 is 1.08 bits per heavy atom. The number of benzene rings is 1. The van der Waals surface area contributed by atoms with E-state index >= 15 is 0 Å². The molecule has 138 valence electrons. The first-order valence-electron chi connectivity index (χ1n) is 8.89. The van der Waals surface area contributed by atoms with Crippen LogP contribution in [0.5, 0.6) is 5.75 Å². The van der Waals surface area contributed by atoms with Gasteiger partial charge < -0.3 is 15.0 Å². The summed E-state index contributed by atoms with van der Waals surface area (Å²) in [4.78, 5) is 27.1. The van der Waals surface area contributed by atoms with Crippen LogP contribution < -0.4 is 10.1 Å². The van der Waals surface area contributed by atoms with E-state index in [9.17, 15) is 9.59 Å². The predicted molar refractivity (Wildman–Crippen MR) is 99.5 cm³/mol. The van der Waals surface area contributed by atoms with Crippen LogP contribution >= 0.6 is 12.4 Å². The van der Waals surface area contributed by atoms with Gasteiger partial charge in [0, 0.05) is 24.6 Å². The standard InChI is InChI=1S/C19H26N2O3.ClH/c1-24-16-7-5-14(6-8-16)18(22)15-9-12-21(13-10-15)19(23)17-4-2-3-11-20-17;/h5-8,15,17,20H,2-4,9-13H2,1H3;1H. The number of piperidine rings is 2. The lowest BCUT2D eigenvalue weighted by Gasteiger charge is -2.35. The van der Waals surface area contributed by atoms with Crippen molar-refractivity contribution in [3.8, 4) is 5.75 Å². The summed E-state index contributed by atoms with van der Waals surface area (Å²) >= 11 is 0. The monoisotopic (exact) mass is 366 g/mol. The number of ketones is 1. The molecule has 5 nitrogen and oxygen atoms in total. The summed E-state index contributed by atoms with van der Waals surface area (Å²) in [6, 6.07) is 7.27. The topological polar surface area (TPSA) is 58.6 Å². The smallest absolute Gasteiger partial charge is 0.239 e. The number of methoxy groups -OCH3 is 1. The number of likely N-dealkylation sites (tertiary alicyclic amines) is 1. The average molecular weight is 367 g/mol. The van der Waals surface area contributed by atoms with Gasteiger partial charge in [0.05, 0.1) is 13.2 Å². The van der Waals surface area contributed by atoms with Crippen molar-refractivity contribution in [2.45, 2.75) is 38.1 Å². The minimum atomic E-state index is -0.0208. The van der Waals surface area contributed by atoms with Crippen LogP contribution in [-0.2, 0) is 4.79 Å². The van der Waals surface area contributed by atoms with Gasteiger partial charge in [-0.15, -0.1) is 12.4 Å². The Hall–Kier alpha value is -1.59. The summed E-state index contributed by atoms with van der Waals surface area (Å²) in [5.41, 5.74) is 0.731. The van der Waals surface area contributed by atoms with Crippen molar-refractivity contribution in [1.82, 2.24) is 10.2 Å². The number of ether oxygens (including phenoxy) is 1. The Kier molecular flexibility index (Phi) is 7.26. The molecule has 1 aromatic rings. The van der Waals surface area contributed by atoms with Gasteiger partial charge in [0.1, 0.15) is 5.75 Å². The zero-order chi connectivity index (χ0) is 16.9. The Morgan fingerprint density at radius 2 is 1.76 bits per heavy atom. The van der Waals surface area contributed by atoms with Crippen LogP contribution in [0, 0.1) is 5.92 Å². The second-order valence-electron chi connectivity index (χ2n) is 6.69. The number of amides is 1. The summed E-state index contributed by atoms with van der Waals surface area (Å²) < 4.78 is 5.13. The van der Waals surface area contributed by atoms with Gasteiger partial charge in [0.2, 0.25) is 5.91 Å². The summed E-state index contributed by atoms with van der Waals surface area (Å²) in [6.07, 6.45) is 4.72. The molecule has 0 aliphatic carbocycles. The molecule has 0 bridgehead atoms. The van der Waals surface area contributed by atoms with Gasteiger partial charge in [0.15, 0.2) is 5.78 Å². The molecule has 0 spiro atoms. The molecule has 1 atom stereocenters.